The summed E-state index contributed by atoms with van der Waals surface area (Å²) in [5.74, 6) is 0.925. The van der Waals surface area contributed by atoms with Gasteiger partial charge in [-0.1, -0.05) is 19.8 Å². The molecule has 0 spiro atoms. The van der Waals surface area contributed by atoms with E-state index in [1.165, 1.54) is 25.7 Å². The van der Waals surface area contributed by atoms with Crippen LogP contribution in [-0.4, -0.2) is 23.1 Å². The van der Waals surface area contributed by atoms with Crippen molar-refractivity contribution >= 4 is 11.8 Å². The Balaban J connectivity index is 2.28. The van der Waals surface area contributed by atoms with Crippen molar-refractivity contribution in [2.45, 2.75) is 56.7 Å². The number of hydrogen-bond acceptors (Lipinski definition) is 3. The molecule has 1 aliphatic rings. The van der Waals surface area contributed by atoms with Gasteiger partial charge in [0, 0.05) is 11.0 Å². The van der Waals surface area contributed by atoms with Gasteiger partial charge in [0.15, 0.2) is 0 Å². The maximum Gasteiger partial charge on any atom is 0.113 e. The zero-order valence-corrected chi connectivity index (χ0v) is 10.7. The summed E-state index contributed by atoms with van der Waals surface area (Å²) >= 11 is 1.98. The molecule has 15 heavy (non-hydrogen) atoms. The summed E-state index contributed by atoms with van der Waals surface area (Å²) in [5.41, 5.74) is -0.330. The maximum atomic E-state index is 9.16. The van der Waals surface area contributed by atoms with Crippen molar-refractivity contribution < 1.29 is 0 Å². The van der Waals surface area contributed by atoms with Gasteiger partial charge in [0.2, 0.25) is 0 Å². The minimum absolute atomic E-state index is 0.330. The third-order valence-electron chi connectivity index (χ3n) is 2.92. The third kappa shape index (κ3) is 4.44. The molecular weight excluding hydrogens is 204 g/mol. The second-order valence-corrected chi connectivity index (χ2v) is 5.88. The molecule has 2 nitrogen and oxygen atoms in total. The Labute approximate surface area is 97.8 Å². The zero-order chi connectivity index (χ0) is 11.1. The molecule has 0 saturated heterocycles. The van der Waals surface area contributed by atoms with Gasteiger partial charge < -0.3 is 0 Å². The predicted molar refractivity (Wildman–Crippen MR) is 67.0 cm³/mol. The summed E-state index contributed by atoms with van der Waals surface area (Å²) in [4.78, 5) is 0. The van der Waals surface area contributed by atoms with E-state index in [0.717, 1.165) is 24.0 Å². The number of thioether (sulfide) groups is 1. The molecule has 1 N–H and O–H groups in total. The van der Waals surface area contributed by atoms with Gasteiger partial charge in [0.1, 0.15) is 5.54 Å². The lowest BCUT2D eigenvalue weighted by atomic mass is 10.1. The van der Waals surface area contributed by atoms with Gasteiger partial charge in [-0.2, -0.15) is 17.0 Å². The summed E-state index contributed by atoms with van der Waals surface area (Å²) < 4.78 is 0. The number of rotatable bonds is 6. The summed E-state index contributed by atoms with van der Waals surface area (Å²) in [6.45, 7) is 5.09. The van der Waals surface area contributed by atoms with E-state index in [0.29, 0.717) is 0 Å². The van der Waals surface area contributed by atoms with Crippen LogP contribution in [0.1, 0.15) is 46.0 Å². The molecule has 1 rings (SSSR count). The molecule has 0 aromatic heterocycles. The Morgan fingerprint density at radius 3 is 2.67 bits per heavy atom. The Hall–Kier alpha value is -0.200. The fourth-order valence-electron chi connectivity index (χ4n) is 1.86. The van der Waals surface area contributed by atoms with Gasteiger partial charge >= 0.3 is 0 Å². The highest BCUT2D eigenvalue weighted by Gasteiger charge is 2.25. The lowest BCUT2D eigenvalue weighted by molar-refractivity contribution is 0.493. The molecule has 0 bridgehead atoms. The highest BCUT2D eigenvalue weighted by Crippen LogP contribution is 2.31. The smallest absolute Gasteiger partial charge is 0.113 e. The standard InChI is InChI=1S/C12H22N2S/c1-3-8-14-12(2,9-13)10-15-11-6-4-5-7-11/h11,14H,3-8,10H2,1-2H3. The number of hydrogen-bond donors (Lipinski definition) is 1. The summed E-state index contributed by atoms with van der Waals surface area (Å²) in [5, 5.41) is 13.3. The van der Waals surface area contributed by atoms with Crippen LogP contribution in [0.4, 0.5) is 0 Å². The van der Waals surface area contributed by atoms with E-state index < -0.39 is 0 Å². The molecule has 0 amide bonds. The van der Waals surface area contributed by atoms with E-state index in [9.17, 15) is 0 Å². The lowest BCUT2D eigenvalue weighted by Crippen LogP contribution is -2.44. The average molecular weight is 226 g/mol. The van der Waals surface area contributed by atoms with Crippen molar-refractivity contribution in [1.82, 2.24) is 5.32 Å². The fraction of sp³-hybridized carbons (Fsp3) is 0.917. The predicted octanol–water partition coefficient (Wildman–Crippen LogP) is 2.94. The molecule has 86 valence electrons. The highest BCUT2D eigenvalue weighted by atomic mass is 32.2. The van der Waals surface area contributed by atoms with Crippen LogP contribution in [0.25, 0.3) is 0 Å². The minimum Gasteiger partial charge on any atom is -0.299 e. The van der Waals surface area contributed by atoms with Crippen LogP contribution in [0.3, 0.4) is 0 Å². The molecular formula is C12H22N2S. The molecule has 1 atom stereocenters. The number of nitrogens with one attached hydrogen (secondary N) is 1. The monoisotopic (exact) mass is 226 g/mol. The van der Waals surface area contributed by atoms with E-state index in [1.54, 1.807) is 0 Å². The molecule has 0 aliphatic heterocycles. The topological polar surface area (TPSA) is 35.8 Å². The zero-order valence-electron chi connectivity index (χ0n) is 9.88. The maximum absolute atomic E-state index is 9.16. The summed E-state index contributed by atoms with van der Waals surface area (Å²) in [6, 6.07) is 2.41. The Morgan fingerprint density at radius 2 is 2.13 bits per heavy atom. The molecule has 1 fully saturated rings. The molecule has 1 saturated carbocycles. The van der Waals surface area contributed by atoms with Crippen LogP contribution in [0.2, 0.25) is 0 Å². The number of nitriles is 1. The molecule has 1 aliphatic carbocycles. The SMILES string of the molecule is CCCNC(C)(C#N)CSC1CCCC1. The lowest BCUT2D eigenvalue weighted by Gasteiger charge is -2.24. The van der Waals surface area contributed by atoms with Gasteiger partial charge in [-0.15, -0.1) is 0 Å². The Kier molecular flexibility index (Phi) is 5.49. The van der Waals surface area contributed by atoms with Crippen molar-refractivity contribution in [3.05, 3.63) is 0 Å². The summed E-state index contributed by atoms with van der Waals surface area (Å²) in [6.07, 6.45) is 6.54. The quantitative estimate of drug-likeness (QED) is 0.756. The van der Waals surface area contributed by atoms with Crippen LogP contribution >= 0.6 is 11.8 Å². The number of nitrogens with zero attached hydrogens (tertiary/aromatic N) is 1. The molecule has 0 aromatic carbocycles. The first kappa shape index (κ1) is 12.9. The van der Waals surface area contributed by atoms with Gasteiger partial charge in [-0.05, 0) is 32.7 Å². The van der Waals surface area contributed by atoms with E-state index in [-0.39, 0.29) is 5.54 Å². The second-order valence-electron chi connectivity index (χ2n) is 4.59. The summed E-state index contributed by atoms with van der Waals surface area (Å²) in [7, 11) is 0. The molecule has 0 aromatic rings. The van der Waals surface area contributed by atoms with E-state index in [1.807, 2.05) is 18.7 Å². The van der Waals surface area contributed by atoms with E-state index in [2.05, 4.69) is 18.3 Å². The van der Waals surface area contributed by atoms with Gasteiger partial charge in [-0.25, -0.2) is 0 Å². The Bertz CT molecular complexity index is 218. The fourth-order valence-corrected chi connectivity index (χ4v) is 3.27. The van der Waals surface area contributed by atoms with Crippen LogP contribution in [-0.2, 0) is 0 Å². The highest BCUT2D eigenvalue weighted by molar-refractivity contribution is 8.00. The first-order valence-corrected chi connectivity index (χ1v) is 7.03. The van der Waals surface area contributed by atoms with Gasteiger partial charge in [0.25, 0.3) is 0 Å². The first-order chi connectivity index (χ1) is 7.20. The van der Waals surface area contributed by atoms with E-state index >= 15 is 0 Å². The van der Waals surface area contributed by atoms with Crippen molar-refractivity contribution in [3.63, 3.8) is 0 Å². The van der Waals surface area contributed by atoms with Crippen LogP contribution in [0.5, 0.6) is 0 Å². The van der Waals surface area contributed by atoms with Crippen LogP contribution in [0.15, 0.2) is 0 Å². The van der Waals surface area contributed by atoms with Crippen molar-refractivity contribution in [2.24, 2.45) is 0 Å². The van der Waals surface area contributed by atoms with Crippen molar-refractivity contribution in [1.29, 1.82) is 5.26 Å². The third-order valence-corrected chi connectivity index (χ3v) is 4.61. The average Bonchev–Trinajstić information content (AvgIpc) is 2.76. The molecule has 3 heteroatoms. The second kappa shape index (κ2) is 6.40. The van der Waals surface area contributed by atoms with Gasteiger partial charge in [-0.3, -0.25) is 5.32 Å². The van der Waals surface area contributed by atoms with E-state index in [4.69, 9.17) is 5.26 Å². The minimum atomic E-state index is -0.330. The Morgan fingerprint density at radius 1 is 1.47 bits per heavy atom. The van der Waals surface area contributed by atoms with Crippen LogP contribution in [0, 0.1) is 11.3 Å². The molecule has 0 heterocycles. The van der Waals surface area contributed by atoms with Crippen molar-refractivity contribution in [3.8, 4) is 6.07 Å². The van der Waals surface area contributed by atoms with Crippen molar-refractivity contribution in [2.75, 3.05) is 12.3 Å². The first-order valence-electron chi connectivity index (χ1n) is 5.98. The van der Waals surface area contributed by atoms with Gasteiger partial charge in [0.05, 0.1) is 6.07 Å². The molecule has 1 unspecified atom stereocenters. The van der Waals surface area contributed by atoms with Crippen LogP contribution < -0.4 is 5.32 Å². The molecule has 0 radical (unpaired) electrons. The normalized spacial score (nSPS) is 21.1. The largest absolute Gasteiger partial charge is 0.299 e.